The van der Waals surface area contributed by atoms with E-state index in [-0.39, 0.29) is 5.91 Å². The van der Waals surface area contributed by atoms with Crippen LogP contribution in [0.15, 0.2) is 28.7 Å². The average Bonchev–Trinajstić information content (AvgIpc) is 3.05. The van der Waals surface area contributed by atoms with Crippen LogP contribution in [-0.4, -0.2) is 29.0 Å². The maximum Gasteiger partial charge on any atom is 0.255 e. The van der Waals surface area contributed by atoms with Crippen molar-refractivity contribution in [2.45, 2.75) is 26.7 Å². The van der Waals surface area contributed by atoms with Crippen molar-refractivity contribution in [3.8, 4) is 0 Å². The lowest BCUT2D eigenvalue weighted by Crippen LogP contribution is -2.22. The third-order valence-electron chi connectivity index (χ3n) is 3.99. The van der Waals surface area contributed by atoms with E-state index >= 15 is 0 Å². The molecule has 1 aromatic heterocycles. The maximum atomic E-state index is 12.4. The highest BCUT2D eigenvalue weighted by atomic mass is 79.9. The smallest absolute Gasteiger partial charge is 0.255 e. The van der Waals surface area contributed by atoms with Crippen LogP contribution in [-0.2, 0) is 0 Å². The number of benzene rings is 1. The van der Waals surface area contributed by atoms with Gasteiger partial charge in [0.2, 0.25) is 5.95 Å². The number of aromatic nitrogens is 2. The number of carbonyl (C=O) groups excluding carboxylic acids is 1. The molecule has 1 amide bonds. The summed E-state index contributed by atoms with van der Waals surface area (Å²) >= 11 is 3.37. The van der Waals surface area contributed by atoms with Gasteiger partial charge in [0, 0.05) is 23.1 Å². The van der Waals surface area contributed by atoms with Crippen molar-refractivity contribution in [3.63, 3.8) is 0 Å². The van der Waals surface area contributed by atoms with E-state index in [0.717, 1.165) is 34.9 Å². The summed E-state index contributed by atoms with van der Waals surface area (Å²) in [5.74, 6) is 0.611. The number of hydrogen-bond acceptors (Lipinski definition) is 4. The minimum absolute atomic E-state index is 0.152. The summed E-state index contributed by atoms with van der Waals surface area (Å²) in [4.78, 5) is 23.7. The van der Waals surface area contributed by atoms with Crippen LogP contribution in [0.2, 0.25) is 0 Å². The lowest BCUT2D eigenvalue weighted by atomic mass is 10.2. The van der Waals surface area contributed by atoms with Crippen LogP contribution < -0.4 is 10.2 Å². The van der Waals surface area contributed by atoms with Crippen molar-refractivity contribution in [1.82, 2.24) is 9.97 Å². The molecule has 6 heteroatoms. The average molecular weight is 375 g/mol. The van der Waals surface area contributed by atoms with Crippen LogP contribution >= 0.6 is 15.9 Å². The molecule has 0 bridgehead atoms. The van der Waals surface area contributed by atoms with Gasteiger partial charge in [-0.1, -0.05) is 15.9 Å². The SMILES string of the molecule is Cc1nc(N2CCCC2)nc(C)c1NC(=O)c1ccc(Br)cc1. The van der Waals surface area contributed by atoms with Crippen molar-refractivity contribution < 1.29 is 4.79 Å². The van der Waals surface area contributed by atoms with Crippen LogP contribution in [0.4, 0.5) is 11.6 Å². The Balaban J connectivity index is 1.82. The molecule has 1 aliphatic heterocycles. The van der Waals surface area contributed by atoms with E-state index in [1.165, 1.54) is 12.8 Å². The molecule has 1 aliphatic rings. The predicted octanol–water partition coefficient (Wildman–Crippen LogP) is 3.71. The molecule has 0 aliphatic carbocycles. The maximum absolute atomic E-state index is 12.4. The fraction of sp³-hybridized carbons (Fsp3) is 0.353. The highest BCUT2D eigenvalue weighted by Crippen LogP contribution is 2.23. The zero-order valence-electron chi connectivity index (χ0n) is 13.3. The molecule has 5 nitrogen and oxygen atoms in total. The number of anilines is 2. The molecule has 1 aromatic carbocycles. The predicted molar refractivity (Wildman–Crippen MR) is 95.0 cm³/mol. The van der Waals surface area contributed by atoms with Crippen molar-refractivity contribution in [3.05, 3.63) is 45.7 Å². The van der Waals surface area contributed by atoms with Gasteiger partial charge in [-0.2, -0.15) is 0 Å². The molecule has 2 heterocycles. The van der Waals surface area contributed by atoms with Gasteiger partial charge >= 0.3 is 0 Å². The fourth-order valence-electron chi connectivity index (χ4n) is 2.73. The van der Waals surface area contributed by atoms with E-state index in [1.807, 2.05) is 26.0 Å². The number of carbonyl (C=O) groups is 1. The van der Waals surface area contributed by atoms with Gasteiger partial charge in [0.25, 0.3) is 5.91 Å². The number of nitrogens with one attached hydrogen (secondary N) is 1. The van der Waals surface area contributed by atoms with E-state index in [1.54, 1.807) is 12.1 Å². The van der Waals surface area contributed by atoms with Gasteiger partial charge in [-0.3, -0.25) is 4.79 Å². The molecule has 0 atom stereocenters. The first kappa shape index (κ1) is 15.9. The Morgan fingerprint density at radius 1 is 1.09 bits per heavy atom. The molecule has 23 heavy (non-hydrogen) atoms. The summed E-state index contributed by atoms with van der Waals surface area (Å²) in [5.41, 5.74) is 2.89. The van der Waals surface area contributed by atoms with Gasteiger partial charge < -0.3 is 10.2 Å². The van der Waals surface area contributed by atoms with Crippen molar-refractivity contribution in [1.29, 1.82) is 0 Å². The number of halogens is 1. The first-order valence-corrected chi connectivity index (χ1v) is 8.51. The zero-order valence-corrected chi connectivity index (χ0v) is 14.9. The second-order valence-corrected chi connectivity index (χ2v) is 6.64. The van der Waals surface area contributed by atoms with Crippen molar-refractivity contribution in [2.75, 3.05) is 23.3 Å². The third kappa shape index (κ3) is 3.52. The molecular weight excluding hydrogens is 356 g/mol. The van der Waals surface area contributed by atoms with E-state index in [0.29, 0.717) is 11.3 Å². The second-order valence-electron chi connectivity index (χ2n) is 5.72. The van der Waals surface area contributed by atoms with Gasteiger partial charge in [-0.15, -0.1) is 0 Å². The minimum Gasteiger partial charge on any atom is -0.341 e. The first-order valence-electron chi connectivity index (χ1n) is 7.71. The normalized spacial score (nSPS) is 14.1. The standard InChI is InChI=1S/C17H19BrN4O/c1-11-15(21-16(23)13-5-7-14(18)8-6-13)12(2)20-17(19-11)22-9-3-4-10-22/h5-8H,3-4,9-10H2,1-2H3,(H,21,23). The Morgan fingerprint density at radius 3 is 2.22 bits per heavy atom. The number of hydrogen-bond donors (Lipinski definition) is 1. The molecule has 0 unspecified atom stereocenters. The summed E-state index contributed by atoms with van der Waals surface area (Å²) < 4.78 is 0.944. The van der Waals surface area contributed by atoms with Gasteiger partial charge in [-0.05, 0) is 51.0 Å². The largest absolute Gasteiger partial charge is 0.341 e. The minimum atomic E-state index is -0.152. The molecule has 2 aromatic rings. The van der Waals surface area contributed by atoms with Crippen LogP contribution in [0.3, 0.4) is 0 Å². The van der Waals surface area contributed by atoms with E-state index in [4.69, 9.17) is 0 Å². The number of rotatable bonds is 3. The Labute approximate surface area is 144 Å². The van der Waals surface area contributed by atoms with Crippen LogP contribution in [0.1, 0.15) is 34.6 Å². The summed E-state index contributed by atoms with van der Waals surface area (Å²) in [6.45, 7) is 5.82. The Morgan fingerprint density at radius 2 is 1.65 bits per heavy atom. The van der Waals surface area contributed by atoms with Crippen molar-refractivity contribution >= 4 is 33.5 Å². The van der Waals surface area contributed by atoms with E-state index in [2.05, 4.69) is 36.1 Å². The fourth-order valence-corrected chi connectivity index (χ4v) is 2.99. The second kappa shape index (κ2) is 6.66. The molecule has 0 radical (unpaired) electrons. The number of aryl methyl sites for hydroxylation is 2. The number of amides is 1. The monoisotopic (exact) mass is 374 g/mol. The van der Waals surface area contributed by atoms with Gasteiger partial charge in [0.1, 0.15) is 0 Å². The molecule has 1 N–H and O–H groups in total. The van der Waals surface area contributed by atoms with Gasteiger partial charge in [0.15, 0.2) is 0 Å². The molecule has 120 valence electrons. The van der Waals surface area contributed by atoms with Crippen LogP contribution in [0, 0.1) is 13.8 Å². The molecule has 0 spiro atoms. The highest BCUT2D eigenvalue weighted by molar-refractivity contribution is 9.10. The molecule has 1 saturated heterocycles. The van der Waals surface area contributed by atoms with Crippen LogP contribution in [0.25, 0.3) is 0 Å². The van der Waals surface area contributed by atoms with Crippen molar-refractivity contribution in [2.24, 2.45) is 0 Å². The molecule has 1 fully saturated rings. The summed E-state index contributed by atoms with van der Waals surface area (Å²) in [5, 5.41) is 2.93. The Hall–Kier alpha value is -1.95. The quantitative estimate of drug-likeness (QED) is 0.889. The lowest BCUT2D eigenvalue weighted by molar-refractivity contribution is 0.102. The summed E-state index contributed by atoms with van der Waals surface area (Å²) in [6, 6.07) is 7.26. The van der Waals surface area contributed by atoms with E-state index in [9.17, 15) is 4.79 Å². The topological polar surface area (TPSA) is 58.1 Å². The molecular formula is C17H19BrN4O. The Bertz CT molecular complexity index is 701. The molecule has 0 saturated carbocycles. The lowest BCUT2D eigenvalue weighted by Gasteiger charge is -2.18. The van der Waals surface area contributed by atoms with Gasteiger partial charge in [0.05, 0.1) is 17.1 Å². The highest BCUT2D eigenvalue weighted by Gasteiger charge is 2.18. The Kier molecular flexibility index (Phi) is 4.61. The first-order chi connectivity index (χ1) is 11.0. The van der Waals surface area contributed by atoms with Crippen LogP contribution in [0.5, 0.6) is 0 Å². The summed E-state index contributed by atoms with van der Waals surface area (Å²) in [6.07, 6.45) is 2.37. The molecule has 3 rings (SSSR count). The third-order valence-corrected chi connectivity index (χ3v) is 4.52. The summed E-state index contributed by atoms with van der Waals surface area (Å²) in [7, 11) is 0. The zero-order chi connectivity index (χ0) is 16.4. The van der Waals surface area contributed by atoms with Gasteiger partial charge in [-0.25, -0.2) is 9.97 Å². The van der Waals surface area contributed by atoms with E-state index < -0.39 is 0 Å². The number of nitrogens with zero attached hydrogens (tertiary/aromatic N) is 3.